The molecule has 0 aromatic heterocycles. The predicted octanol–water partition coefficient (Wildman–Crippen LogP) is 2.53. The van der Waals surface area contributed by atoms with Crippen molar-refractivity contribution in [2.24, 2.45) is 5.92 Å². The van der Waals surface area contributed by atoms with Gasteiger partial charge >= 0.3 is 0 Å². The highest BCUT2D eigenvalue weighted by molar-refractivity contribution is 5.50. The SMILES string of the molecule is CNCc1cc(F)c(N(C)CC2CC2)c(F)c1. The third-order valence-corrected chi connectivity index (χ3v) is 3.07. The maximum absolute atomic E-state index is 13.8. The van der Waals surface area contributed by atoms with Crippen LogP contribution in [0.5, 0.6) is 0 Å². The molecule has 0 radical (unpaired) electrons. The van der Waals surface area contributed by atoms with Crippen LogP contribution in [-0.4, -0.2) is 20.6 Å². The van der Waals surface area contributed by atoms with Crippen molar-refractivity contribution in [3.05, 3.63) is 29.3 Å². The molecule has 4 heteroatoms. The van der Waals surface area contributed by atoms with Gasteiger partial charge in [0.2, 0.25) is 0 Å². The Morgan fingerprint density at radius 3 is 2.35 bits per heavy atom. The first-order chi connectivity index (χ1) is 8.11. The smallest absolute Gasteiger partial charge is 0.149 e. The van der Waals surface area contributed by atoms with Gasteiger partial charge in [0, 0.05) is 20.1 Å². The fourth-order valence-electron chi connectivity index (χ4n) is 2.07. The molecule has 0 unspecified atom stereocenters. The minimum absolute atomic E-state index is 0.0942. The van der Waals surface area contributed by atoms with Gasteiger partial charge in [0.05, 0.1) is 0 Å². The number of hydrogen-bond donors (Lipinski definition) is 1. The highest BCUT2D eigenvalue weighted by atomic mass is 19.1. The number of halogens is 2. The van der Waals surface area contributed by atoms with Crippen LogP contribution in [0.15, 0.2) is 12.1 Å². The molecule has 17 heavy (non-hydrogen) atoms. The van der Waals surface area contributed by atoms with Crippen LogP contribution in [0.2, 0.25) is 0 Å². The van der Waals surface area contributed by atoms with E-state index in [1.807, 2.05) is 0 Å². The summed E-state index contributed by atoms with van der Waals surface area (Å²) < 4.78 is 27.7. The van der Waals surface area contributed by atoms with Gasteiger partial charge in [0.15, 0.2) is 0 Å². The Bertz CT molecular complexity index is 379. The summed E-state index contributed by atoms with van der Waals surface area (Å²) in [5.74, 6) is -0.340. The van der Waals surface area contributed by atoms with Crippen LogP contribution >= 0.6 is 0 Å². The maximum Gasteiger partial charge on any atom is 0.149 e. The normalized spacial score (nSPS) is 15.1. The van der Waals surface area contributed by atoms with Gasteiger partial charge in [-0.1, -0.05) is 0 Å². The van der Waals surface area contributed by atoms with Gasteiger partial charge in [0.1, 0.15) is 17.3 Å². The molecule has 0 heterocycles. The zero-order valence-corrected chi connectivity index (χ0v) is 10.3. The number of nitrogens with one attached hydrogen (secondary N) is 1. The molecule has 1 aliphatic carbocycles. The van der Waals surface area contributed by atoms with Crippen LogP contribution in [0.25, 0.3) is 0 Å². The Labute approximate surface area is 101 Å². The van der Waals surface area contributed by atoms with Gasteiger partial charge in [-0.25, -0.2) is 8.78 Å². The van der Waals surface area contributed by atoms with E-state index in [4.69, 9.17) is 0 Å². The Morgan fingerprint density at radius 1 is 1.29 bits per heavy atom. The van der Waals surface area contributed by atoms with Crippen LogP contribution in [0.1, 0.15) is 18.4 Å². The van der Waals surface area contributed by atoms with Crippen molar-refractivity contribution in [3.8, 4) is 0 Å². The molecule has 0 spiro atoms. The summed E-state index contributed by atoms with van der Waals surface area (Å²) in [4.78, 5) is 1.69. The first kappa shape index (κ1) is 12.3. The molecule has 1 N–H and O–H groups in total. The van der Waals surface area contributed by atoms with E-state index in [-0.39, 0.29) is 5.69 Å². The lowest BCUT2D eigenvalue weighted by atomic mass is 10.1. The topological polar surface area (TPSA) is 15.3 Å². The lowest BCUT2D eigenvalue weighted by molar-refractivity contribution is 0.569. The van der Waals surface area contributed by atoms with Crippen molar-refractivity contribution in [1.29, 1.82) is 0 Å². The zero-order valence-electron chi connectivity index (χ0n) is 10.3. The summed E-state index contributed by atoms with van der Waals surface area (Å²) in [6.45, 7) is 1.21. The summed E-state index contributed by atoms with van der Waals surface area (Å²) in [7, 11) is 3.50. The van der Waals surface area contributed by atoms with Crippen LogP contribution in [0, 0.1) is 17.6 Å². The fourth-order valence-corrected chi connectivity index (χ4v) is 2.07. The third-order valence-electron chi connectivity index (χ3n) is 3.07. The zero-order chi connectivity index (χ0) is 12.4. The largest absolute Gasteiger partial charge is 0.370 e. The van der Waals surface area contributed by atoms with E-state index in [9.17, 15) is 8.78 Å². The summed E-state index contributed by atoms with van der Waals surface area (Å²) in [6.07, 6.45) is 2.34. The number of nitrogens with zero attached hydrogens (tertiary/aromatic N) is 1. The van der Waals surface area contributed by atoms with Crippen molar-refractivity contribution in [2.45, 2.75) is 19.4 Å². The van der Waals surface area contributed by atoms with Crippen molar-refractivity contribution in [2.75, 3.05) is 25.5 Å². The van der Waals surface area contributed by atoms with Gasteiger partial charge in [-0.2, -0.15) is 0 Å². The first-order valence-corrected chi connectivity index (χ1v) is 5.95. The maximum atomic E-state index is 13.8. The molecule has 1 aromatic rings. The third kappa shape index (κ3) is 2.94. The van der Waals surface area contributed by atoms with Gasteiger partial charge in [-0.15, -0.1) is 0 Å². The molecule has 2 nitrogen and oxygen atoms in total. The average Bonchev–Trinajstić information content (AvgIpc) is 3.00. The van der Waals surface area contributed by atoms with Crippen molar-refractivity contribution in [1.82, 2.24) is 5.32 Å². The summed E-state index contributed by atoms with van der Waals surface area (Å²) in [5, 5.41) is 2.88. The van der Waals surface area contributed by atoms with Gasteiger partial charge in [-0.05, 0) is 43.5 Å². The van der Waals surface area contributed by atoms with E-state index < -0.39 is 11.6 Å². The van der Waals surface area contributed by atoms with E-state index in [1.165, 1.54) is 25.0 Å². The van der Waals surface area contributed by atoms with Gasteiger partial charge < -0.3 is 10.2 Å². The Balaban J connectivity index is 2.20. The first-order valence-electron chi connectivity index (χ1n) is 5.95. The van der Waals surface area contributed by atoms with Crippen molar-refractivity contribution in [3.63, 3.8) is 0 Å². The molecule has 2 rings (SSSR count). The van der Waals surface area contributed by atoms with Crippen molar-refractivity contribution < 1.29 is 8.78 Å². The lowest BCUT2D eigenvalue weighted by Gasteiger charge is -2.21. The lowest BCUT2D eigenvalue weighted by Crippen LogP contribution is -2.22. The molecule has 94 valence electrons. The van der Waals surface area contributed by atoms with Crippen LogP contribution < -0.4 is 10.2 Å². The molecular weight excluding hydrogens is 222 g/mol. The minimum atomic E-state index is -0.474. The molecule has 0 atom stereocenters. The van der Waals surface area contributed by atoms with E-state index in [0.717, 1.165) is 6.54 Å². The highest BCUT2D eigenvalue weighted by Gasteiger charge is 2.25. The standard InChI is InChI=1S/C13H18F2N2/c1-16-7-10-5-11(14)13(12(15)6-10)17(2)8-9-3-4-9/h5-6,9,16H,3-4,7-8H2,1-2H3. The molecule has 0 aliphatic heterocycles. The number of rotatable bonds is 5. The van der Waals surface area contributed by atoms with E-state index in [1.54, 1.807) is 19.0 Å². The molecule has 0 amide bonds. The second-order valence-corrected chi connectivity index (χ2v) is 4.76. The van der Waals surface area contributed by atoms with Crippen molar-refractivity contribution >= 4 is 5.69 Å². The van der Waals surface area contributed by atoms with E-state index >= 15 is 0 Å². The number of hydrogen-bond acceptors (Lipinski definition) is 2. The highest BCUT2D eigenvalue weighted by Crippen LogP contribution is 2.32. The van der Waals surface area contributed by atoms with Crippen LogP contribution in [-0.2, 0) is 6.54 Å². The Morgan fingerprint density at radius 2 is 1.88 bits per heavy atom. The fraction of sp³-hybridized carbons (Fsp3) is 0.538. The van der Waals surface area contributed by atoms with Crippen LogP contribution in [0.3, 0.4) is 0 Å². The summed E-state index contributed by atoms with van der Waals surface area (Å²) in [6, 6.07) is 2.80. The van der Waals surface area contributed by atoms with Crippen LogP contribution in [0.4, 0.5) is 14.5 Å². The summed E-state index contributed by atoms with van der Waals surface area (Å²) in [5.41, 5.74) is 0.725. The molecule has 0 saturated heterocycles. The quantitative estimate of drug-likeness (QED) is 0.850. The molecule has 1 aromatic carbocycles. The average molecular weight is 240 g/mol. The summed E-state index contributed by atoms with van der Waals surface area (Å²) >= 11 is 0. The van der Waals surface area contributed by atoms with E-state index in [2.05, 4.69) is 5.32 Å². The van der Waals surface area contributed by atoms with Gasteiger partial charge in [-0.3, -0.25) is 0 Å². The monoisotopic (exact) mass is 240 g/mol. The Hall–Kier alpha value is -1.16. The molecule has 1 aliphatic rings. The molecule has 1 fully saturated rings. The number of anilines is 1. The minimum Gasteiger partial charge on any atom is -0.370 e. The second kappa shape index (κ2) is 5.00. The second-order valence-electron chi connectivity index (χ2n) is 4.76. The Kier molecular flexibility index (Phi) is 3.62. The van der Waals surface area contributed by atoms with E-state index in [0.29, 0.717) is 18.0 Å². The molecule has 1 saturated carbocycles. The molecule has 0 bridgehead atoms. The molecular formula is C13H18F2N2. The van der Waals surface area contributed by atoms with Gasteiger partial charge in [0.25, 0.3) is 0 Å². The predicted molar refractivity (Wildman–Crippen MR) is 65.1 cm³/mol. The number of benzene rings is 1.